The van der Waals surface area contributed by atoms with Crippen LogP contribution < -0.4 is 5.32 Å². The van der Waals surface area contributed by atoms with Crippen LogP contribution in [-0.4, -0.2) is 17.8 Å². The second-order valence-electron chi connectivity index (χ2n) is 5.26. The Hall–Kier alpha value is -0.250. The molecule has 0 aliphatic rings. The second kappa shape index (κ2) is 7.51. The Morgan fingerprint density at radius 1 is 1.37 bits per heavy atom. The number of halogens is 3. The van der Waals surface area contributed by atoms with E-state index in [1.165, 1.54) is 0 Å². The highest BCUT2D eigenvalue weighted by Crippen LogP contribution is 2.23. The molecule has 0 saturated heterocycles. The van der Waals surface area contributed by atoms with Crippen LogP contribution in [0.5, 0.6) is 0 Å². The molecule has 0 saturated carbocycles. The van der Waals surface area contributed by atoms with Gasteiger partial charge >= 0.3 is 0 Å². The van der Waals surface area contributed by atoms with Crippen LogP contribution >= 0.6 is 39.1 Å². The summed E-state index contributed by atoms with van der Waals surface area (Å²) in [4.78, 5) is 12.0. The zero-order chi connectivity index (χ0) is 14.5. The fourth-order valence-corrected chi connectivity index (χ4v) is 2.50. The molecule has 0 heterocycles. The molecule has 5 heteroatoms. The zero-order valence-electron chi connectivity index (χ0n) is 11.1. The Morgan fingerprint density at radius 2 is 2.05 bits per heavy atom. The smallest absolute Gasteiger partial charge is 0.252 e. The van der Waals surface area contributed by atoms with E-state index in [2.05, 4.69) is 35.1 Å². The third kappa shape index (κ3) is 5.72. The number of carbonyl (C=O) groups is 1. The average molecular weight is 367 g/mol. The summed E-state index contributed by atoms with van der Waals surface area (Å²) in [7, 11) is 0. The molecular formula is C14H18BrCl2NO. The number of alkyl halides is 1. The molecule has 1 amide bonds. The molecular weight excluding hydrogens is 349 g/mol. The Kier molecular flexibility index (Phi) is 6.64. The molecule has 0 unspecified atom stereocenters. The molecule has 0 fully saturated rings. The standard InChI is InChI=1S/C14H18BrCl2NO/c1-14(2,6-3-7-15)9-18-13(19)11-5-4-10(16)8-12(11)17/h4-5,8H,3,6-7,9H2,1-2H3,(H,18,19). The minimum atomic E-state index is -0.159. The van der Waals surface area contributed by atoms with Crippen molar-refractivity contribution >= 4 is 45.0 Å². The summed E-state index contributed by atoms with van der Waals surface area (Å²) in [6.07, 6.45) is 2.14. The number of rotatable bonds is 6. The minimum absolute atomic E-state index is 0.0718. The van der Waals surface area contributed by atoms with Gasteiger partial charge in [-0.15, -0.1) is 0 Å². The summed E-state index contributed by atoms with van der Waals surface area (Å²) in [5, 5.41) is 4.81. The third-order valence-corrected chi connectivity index (χ3v) is 4.00. The topological polar surface area (TPSA) is 29.1 Å². The van der Waals surface area contributed by atoms with Crippen LogP contribution in [0.3, 0.4) is 0 Å². The van der Waals surface area contributed by atoms with Gasteiger partial charge in [-0.1, -0.05) is 53.0 Å². The van der Waals surface area contributed by atoms with Crippen molar-refractivity contribution in [3.8, 4) is 0 Å². The minimum Gasteiger partial charge on any atom is -0.351 e. The van der Waals surface area contributed by atoms with Crippen LogP contribution in [0.4, 0.5) is 0 Å². The first-order chi connectivity index (χ1) is 8.85. The number of carbonyl (C=O) groups excluding carboxylic acids is 1. The van der Waals surface area contributed by atoms with E-state index in [0.29, 0.717) is 22.2 Å². The van der Waals surface area contributed by atoms with Gasteiger partial charge in [-0.2, -0.15) is 0 Å². The van der Waals surface area contributed by atoms with Gasteiger partial charge in [0, 0.05) is 16.9 Å². The number of nitrogens with one attached hydrogen (secondary N) is 1. The van der Waals surface area contributed by atoms with Gasteiger partial charge in [-0.05, 0) is 36.5 Å². The lowest BCUT2D eigenvalue weighted by Gasteiger charge is -2.24. The molecule has 0 aromatic heterocycles. The van der Waals surface area contributed by atoms with Crippen LogP contribution in [0.25, 0.3) is 0 Å². The van der Waals surface area contributed by atoms with Gasteiger partial charge in [0.15, 0.2) is 0 Å². The van der Waals surface area contributed by atoms with E-state index >= 15 is 0 Å². The highest BCUT2D eigenvalue weighted by Gasteiger charge is 2.19. The fraction of sp³-hybridized carbons (Fsp3) is 0.500. The molecule has 0 aliphatic carbocycles. The number of hydrogen-bond donors (Lipinski definition) is 1. The van der Waals surface area contributed by atoms with Gasteiger partial charge < -0.3 is 5.32 Å². The van der Waals surface area contributed by atoms with Crippen molar-refractivity contribution in [3.05, 3.63) is 33.8 Å². The normalized spacial score (nSPS) is 11.4. The Bertz CT molecular complexity index is 449. The summed E-state index contributed by atoms with van der Waals surface area (Å²) >= 11 is 15.2. The lowest BCUT2D eigenvalue weighted by atomic mass is 9.88. The van der Waals surface area contributed by atoms with Crippen molar-refractivity contribution in [1.82, 2.24) is 5.32 Å². The zero-order valence-corrected chi connectivity index (χ0v) is 14.2. The van der Waals surface area contributed by atoms with E-state index in [1.54, 1.807) is 18.2 Å². The van der Waals surface area contributed by atoms with E-state index in [1.807, 2.05) is 0 Å². The van der Waals surface area contributed by atoms with Gasteiger partial charge in [-0.25, -0.2) is 0 Å². The second-order valence-corrected chi connectivity index (χ2v) is 6.90. The highest BCUT2D eigenvalue weighted by atomic mass is 79.9. The summed E-state index contributed by atoms with van der Waals surface area (Å²) in [6.45, 7) is 4.90. The van der Waals surface area contributed by atoms with Gasteiger partial charge in [0.1, 0.15) is 0 Å². The van der Waals surface area contributed by atoms with Crippen molar-refractivity contribution in [3.63, 3.8) is 0 Å². The maximum absolute atomic E-state index is 12.0. The van der Waals surface area contributed by atoms with Gasteiger partial charge in [-0.3, -0.25) is 4.79 Å². The molecule has 2 nitrogen and oxygen atoms in total. The number of benzene rings is 1. The van der Waals surface area contributed by atoms with Crippen molar-refractivity contribution in [1.29, 1.82) is 0 Å². The van der Waals surface area contributed by atoms with E-state index in [4.69, 9.17) is 23.2 Å². The molecule has 0 radical (unpaired) electrons. The summed E-state index contributed by atoms with van der Waals surface area (Å²) < 4.78 is 0. The summed E-state index contributed by atoms with van der Waals surface area (Å²) in [5.41, 5.74) is 0.532. The molecule has 0 spiro atoms. The number of amides is 1. The van der Waals surface area contributed by atoms with E-state index in [9.17, 15) is 4.79 Å². The van der Waals surface area contributed by atoms with E-state index in [0.717, 1.165) is 18.2 Å². The SMILES string of the molecule is CC(C)(CCCBr)CNC(=O)c1ccc(Cl)cc1Cl. The maximum atomic E-state index is 12.0. The van der Waals surface area contributed by atoms with Crippen LogP contribution in [0, 0.1) is 5.41 Å². The molecule has 0 aliphatic heterocycles. The van der Waals surface area contributed by atoms with Gasteiger partial charge in [0.05, 0.1) is 10.6 Å². The maximum Gasteiger partial charge on any atom is 0.252 e. The molecule has 1 aromatic rings. The largest absolute Gasteiger partial charge is 0.351 e. The van der Waals surface area contributed by atoms with Crippen molar-refractivity contribution in [2.45, 2.75) is 26.7 Å². The first-order valence-corrected chi connectivity index (χ1v) is 8.03. The Balaban J connectivity index is 2.60. The molecule has 1 N–H and O–H groups in total. The predicted octanol–water partition coefficient (Wildman–Crippen LogP) is 4.92. The molecule has 106 valence electrons. The predicted molar refractivity (Wildman–Crippen MR) is 85.6 cm³/mol. The summed E-state index contributed by atoms with van der Waals surface area (Å²) in [6, 6.07) is 4.89. The van der Waals surface area contributed by atoms with Crippen molar-refractivity contribution < 1.29 is 4.79 Å². The van der Waals surface area contributed by atoms with Crippen molar-refractivity contribution in [2.24, 2.45) is 5.41 Å². The molecule has 19 heavy (non-hydrogen) atoms. The third-order valence-electron chi connectivity index (χ3n) is 2.89. The van der Waals surface area contributed by atoms with E-state index < -0.39 is 0 Å². The van der Waals surface area contributed by atoms with Crippen LogP contribution in [0.1, 0.15) is 37.0 Å². The fourth-order valence-electron chi connectivity index (χ4n) is 1.72. The average Bonchev–Trinajstić information content (AvgIpc) is 2.34. The Labute approximate surface area is 133 Å². The highest BCUT2D eigenvalue weighted by molar-refractivity contribution is 9.09. The van der Waals surface area contributed by atoms with Crippen LogP contribution in [0.15, 0.2) is 18.2 Å². The van der Waals surface area contributed by atoms with E-state index in [-0.39, 0.29) is 11.3 Å². The number of hydrogen-bond acceptors (Lipinski definition) is 1. The first kappa shape index (κ1) is 16.8. The van der Waals surface area contributed by atoms with Gasteiger partial charge in [0.25, 0.3) is 5.91 Å². The lowest BCUT2D eigenvalue weighted by molar-refractivity contribution is 0.0934. The lowest BCUT2D eigenvalue weighted by Crippen LogP contribution is -2.34. The van der Waals surface area contributed by atoms with Crippen LogP contribution in [-0.2, 0) is 0 Å². The molecule has 1 aromatic carbocycles. The van der Waals surface area contributed by atoms with Gasteiger partial charge in [0.2, 0.25) is 0 Å². The first-order valence-electron chi connectivity index (χ1n) is 6.15. The summed E-state index contributed by atoms with van der Waals surface area (Å²) in [5.74, 6) is -0.159. The van der Waals surface area contributed by atoms with Crippen LogP contribution in [0.2, 0.25) is 10.0 Å². The monoisotopic (exact) mass is 365 g/mol. The quantitative estimate of drug-likeness (QED) is 0.711. The van der Waals surface area contributed by atoms with Crippen molar-refractivity contribution in [2.75, 3.05) is 11.9 Å². The molecule has 0 atom stereocenters. The molecule has 0 bridgehead atoms. The Morgan fingerprint density at radius 3 is 2.63 bits per heavy atom. The molecule has 1 rings (SSSR count).